The third-order valence-corrected chi connectivity index (χ3v) is 7.63. The number of anilines is 1. The SMILES string of the molecule is CN(CC1(O)CCCN(c2ccnc3ccncc23)C1)C(=O)CCN1C(=O)NC2(CCCC2)C1=O. The number of pyridine rings is 2. The fraction of sp³-hybridized carbons (Fsp3) is 0.560. The molecule has 35 heavy (non-hydrogen) atoms. The van der Waals surface area contributed by atoms with Crippen LogP contribution < -0.4 is 10.2 Å². The number of nitrogens with zero attached hydrogens (tertiary/aromatic N) is 5. The van der Waals surface area contributed by atoms with E-state index in [1.807, 2.05) is 12.1 Å². The molecule has 1 spiro atoms. The molecule has 0 bridgehead atoms. The van der Waals surface area contributed by atoms with E-state index in [0.29, 0.717) is 25.8 Å². The molecule has 1 aliphatic carbocycles. The highest BCUT2D eigenvalue weighted by atomic mass is 16.3. The Morgan fingerprint density at radius 1 is 1.17 bits per heavy atom. The molecule has 2 aromatic rings. The molecular weight excluding hydrogens is 448 g/mol. The Hall–Kier alpha value is -3.27. The van der Waals surface area contributed by atoms with Gasteiger partial charge in [-0.2, -0.15) is 0 Å². The van der Waals surface area contributed by atoms with Gasteiger partial charge in [-0.15, -0.1) is 0 Å². The summed E-state index contributed by atoms with van der Waals surface area (Å²) in [6.07, 6.45) is 9.81. The van der Waals surface area contributed by atoms with Gasteiger partial charge in [0.25, 0.3) is 5.91 Å². The molecule has 3 fully saturated rings. The molecule has 1 unspecified atom stereocenters. The molecule has 4 heterocycles. The maximum Gasteiger partial charge on any atom is 0.325 e. The summed E-state index contributed by atoms with van der Waals surface area (Å²) >= 11 is 0. The van der Waals surface area contributed by atoms with Crippen LogP contribution in [0.2, 0.25) is 0 Å². The first-order valence-electron chi connectivity index (χ1n) is 12.3. The van der Waals surface area contributed by atoms with Gasteiger partial charge in [0, 0.05) is 62.8 Å². The molecule has 4 amide bonds. The molecule has 1 atom stereocenters. The molecule has 2 saturated heterocycles. The van der Waals surface area contributed by atoms with Crippen molar-refractivity contribution in [2.75, 3.05) is 38.1 Å². The van der Waals surface area contributed by atoms with Crippen molar-refractivity contribution in [1.29, 1.82) is 0 Å². The van der Waals surface area contributed by atoms with Crippen LogP contribution in [0.3, 0.4) is 0 Å². The summed E-state index contributed by atoms with van der Waals surface area (Å²) in [6, 6.07) is 3.38. The van der Waals surface area contributed by atoms with Gasteiger partial charge in [-0.3, -0.25) is 24.5 Å². The van der Waals surface area contributed by atoms with Gasteiger partial charge >= 0.3 is 6.03 Å². The number of hydrogen-bond donors (Lipinski definition) is 2. The molecule has 2 N–H and O–H groups in total. The van der Waals surface area contributed by atoms with E-state index >= 15 is 0 Å². The second-order valence-electron chi connectivity index (χ2n) is 10.1. The number of nitrogens with one attached hydrogen (secondary N) is 1. The number of amides is 4. The molecule has 5 rings (SSSR count). The highest BCUT2D eigenvalue weighted by Gasteiger charge is 2.52. The fourth-order valence-corrected chi connectivity index (χ4v) is 5.82. The number of hydrogen-bond acceptors (Lipinski definition) is 7. The van der Waals surface area contributed by atoms with E-state index in [2.05, 4.69) is 20.2 Å². The Labute approximate surface area is 204 Å². The number of β-amino-alcohol motifs (C(OH)–C–C–N with tert-alkyl or cyclic N) is 1. The molecule has 10 nitrogen and oxygen atoms in total. The lowest BCUT2D eigenvalue weighted by Crippen LogP contribution is -2.55. The Kier molecular flexibility index (Phi) is 6.08. The van der Waals surface area contributed by atoms with Crippen LogP contribution in [0.1, 0.15) is 44.9 Å². The van der Waals surface area contributed by atoms with E-state index in [-0.39, 0.29) is 31.3 Å². The van der Waals surface area contributed by atoms with Crippen LogP contribution >= 0.6 is 0 Å². The molecular formula is C25H32N6O4. The minimum absolute atomic E-state index is 0.0339. The number of piperidine rings is 1. The number of likely N-dealkylation sites (N-methyl/N-ethyl adjacent to an activating group) is 1. The van der Waals surface area contributed by atoms with Gasteiger partial charge in [0.1, 0.15) is 5.54 Å². The number of carbonyl (C=O) groups excluding carboxylic acids is 3. The second-order valence-corrected chi connectivity index (χ2v) is 10.1. The van der Waals surface area contributed by atoms with Crippen LogP contribution in [0.4, 0.5) is 10.5 Å². The van der Waals surface area contributed by atoms with E-state index < -0.39 is 17.2 Å². The molecule has 10 heteroatoms. The normalized spacial score (nSPS) is 23.8. The lowest BCUT2D eigenvalue weighted by atomic mass is 9.91. The summed E-state index contributed by atoms with van der Waals surface area (Å²) in [5.41, 5.74) is -0.0254. The van der Waals surface area contributed by atoms with Crippen molar-refractivity contribution in [2.24, 2.45) is 0 Å². The van der Waals surface area contributed by atoms with Crippen LogP contribution in [-0.4, -0.2) is 87.1 Å². The highest BCUT2D eigenvalue weighted by Crippen LogP contribution is 2.35. The summed E-state index contributed by atoms with van der Waals surface area (Å²) in [5, 5.41) is 15.2. The summed E-state index contributed by atoms with van der Waals surface area (Å²) in [6.45, 7) is 1.40. The number of fused-ring (bicyclic) bond motifs is 1. The molecule has 3 aliphatic rings. The van der Waals surface area contributed by atoms with Crippen molar-refractivity contribution < 1.29 is 19.5 Å². The lowest BCUT2D eigenvalue weighted by molar-refractivity contribution is -0.135. The first-order chi connectivity index (χ1) is 16.8. The van der Waals surface area contributed by atoms with Crippen molar-refractivity contribution in [3.8, 4) is 0 Å². The summed E-state index contributed by atoms with van der Waals surface area (Å²) in [7, 11) is 1.66. The van der Waals surface area contributed by atoms with Crippen LogP contribution in [0.25, 0.3) is 10.9 Å². The monoisotopic (exact) mass is 480 g/mol. The van der Waals surface area contributed by atoms with E-state index in [1.54, 1.807) is 25.6 Å². The smallest absolute Gasteiger partial charge is 0.325 e. The molecule has 2 aliphatic heterocycles. The van der Waals surface area contributed by atoms with Gasteiger partial charge in [-0.1, -0.05) is 12.8 Å². The van der Waals surface area contributed by atoms with Gasteiger partial charge < -0.3 is 20.2 Å². The van der Waals surface area contributed by atoms with Gasteiger partial charge in [-0.05, 0) is 37.8 Å². The van der Waals surface area contributed by atoms with E-state index in [0.717, 1.165) is 42.4 Å². The Morgan fingerprint density at radius 2 is 1.97 bits per heavy atom. The van der Waals surface area contributed by atoms with Gasteiger partial charge in [0.15, 0.2) is 0 Å². The number of rotatable bonds is 6. The summed E-state index contributed by atoms with van der Waals surface area (Å²) < 4.78 is 0. The third kappa shape index (κ3) is 4.42. The predicted octanol–water partition coefficient (Wildman–Crippen LogP) is 1.67. The number of aromatic nitrogens is 2. The van der Waals surface area contributed by atoms with Crippen LogP contribution in [0, 0.1) is 0 Å². The number of urea groups is 1. The largest absolute Gasteiger partial charge is 0.386 e. The van der Waals surface area contributed by atoms with E-state index in [4.69, 9.17) is 0 Å². The lowest BCUT2D eigenvalue weighted by Gasteiger charge is -2.42. The van der Waals surface area contributed by atoms with Gasteiger partial charge in [0.05, 0.1) is 17.7 Å². The Bertz CT molecular complexity index is 1140. The number of aliphatic hydroxyl groups is 1. The van der Waals surface area contributed by atoms with Gasteiger partial charge in [-0.25, -0.2) is 4.79 Å². The molecule has 1 saturated carbocycles. The van der Waals surface area contributed by atoms with Crippen LogP contribution in [0.5, 0.6) is 0 Å². The van der Waals surface area contributed by atoms with Crippen LogP contribution in [0.15, 0.2) is 30.7 Å². The average Bonchev–Trinajstić information content (AvgIpc) is 3.41. The molecule has 2 aromatic heterocycles. The van der Waals surface area contributed by atoms with E-state index in [1.165, 1.54) is 9.80 Å². The second kappa shape index (κ2) is 9.07. The highest BCUT2D eigenvalue weighted by molar-refractivity contribution is 6.07. The number of carbonyl (C=O) groups is 3. The first kappa shape index (κ1) is 23.5. The predicted molar refractivity (Wildman–Crippen MR) is 130 cm³/mol. The standard InChI is InChI=1S/C25H32N6O4/c1-29(21(32)7-14-31-22(33)25(28-23(31)34)9-2-3-10-25)16-24(35)8-4-13-30(17-24)20-6-12-27-19-5-11-26-15-18(19)20/h5-6,11-12,15,35H,2-4,7-10,13-14,16-17H2,1H3,(H,28,34). The zero-order chi connectivity index (χ0) is 24.6. The Balaban J connectivity index is 1.20. The van der Waals surface area contributed by atoms with Crippen molar-refractivity contribution in [1.82, 2.24) is 25.1 Å². The molecule has 0 aromatic carbocycles. The average molecular weight is 481 g/mol. The van der Waals surface area contributed by atoms with Crippen molar-refractivity contribution in [3.05, 3.63) is 30.7 Å². The fourth-order valence-electron chi connectivity index (χ4n) is 5.82. The van der Waals surface area contributed by atoms with E-state index in [9.17, 15) is 19.5 Å². The first-order valence-corrected chi connectivity index (χ1v) is 12.3. The van der Waals surface area contributed by atoms with Crippen molar-refractivity contribution in [3.63, 3.8) is 0 Å². The zero-order valence-corrected chi connectivity index (χ0v) is 20.1. The van der Waals surface area contributed by atoms with Gasteiger partial charge in [0.2, 0.25) is 5.91 Å². The van der Waals surface area contributed by atoms with Crippen molar-refractivity contribution in [2.45, 2.75) is 56.1 Å². The third-order valence-electron chi connectivity index (χ3n) is 7.63. The topological polar surface area (TPSA) is 119 Å². The Morgan fingerprint density at radius 3 is 2.77 bits per heavy atom. The number of imide groups is 1. The van der Waals surface area contributed by atoms with Crippen molar-refractivity contribution >= 4 is 34.4 Å². The van der Waals surface area contributed by atoms with Crippen LogP contribution in [-0.2, 0) is 9.59 Å². The minimum atomic E-state index is -1.07. The molecule has 186 valence electrons. The summed E-state index contributed by atoms with van der Waals surface area (Å²) in [5.74, 6) is -0.418. The molecule has 0 radical (unpaired) electrons. The minimum Gasteiger partial charge on any atom is -0.386 e. The maximum atomic E-state index is 12.9. The zero-order valence-electron chi connectivity index (χ0n) is 20.1. The maximum absolute atomic E-state index is 12.9. The summed E-state index contributed by atoms with van der Waals surface area (Å²) in [4.78, 5) is 51.5. The quantitative estimate of drug-likeness (QED) is 0.604.